The van der Waals surface area contributed by atoms with Gasteiger partial charge < -0.3 is 19.5 Å². The molecular formula is C31H28ClN5O2. The minimum absolute atomic E-state index is 0.270. The molecule has 39 heavy (non-hydrogen) atoms. The van der Waals surface area contributed by atoms with Crippen molar-refractivity contribution in [3.05, 3.63) is 124 Å². The van der Waals surface area contributed by atoms with Crippen molar-refractivity contribution in [1.82, 2.24) is 19.2 Å². The second kappa shape index (κ2) is 10.0. The van der Waals surface area contributed by atoms with E-state index in [1.165, 1.54) is 0 Å². The Morgan fingerprint density at radius 3 is 2.51 bits per heavy atom. The third-order valence-electron chi connectivity index (χ3n) is 7.14. The molecule has 5 aromatic rings. The highest BCUT2D eigenvalue weighted by Gasteiger charge is 2.36. The summed E-state index contributed by atoms with van der Waals surface area (Å²) in [5.41, 5.74) is 6.42. The number of anilines is 1. The number of hydrogen-bond acceptors (Lipinski definition) is 3. The van der Waals surface area contributed by atoms with Gasteiger partial charge in [0.05, 0.1) is 42.5 Å². The van der Waals surface area contributed by atoms with E-state index in [1.54, 1.807) is 25.3 Å². The first-order chi connectivity index (χ1) is 18.9. The lowest BCUT2D eigenvalue weighted by atomic mass is 10.0. The quantitative estimate of drug-likeness (QED) is 0.266. The third-order valence-corrected chi connectivity index (χ3v) is 7.38. The van der Waals surface area contributed by atoms with E-state index in [9.17, 15) is 4.79 Å². The molecule has 0 saturated heterocycles. The highest BCUT2D eigenvalue weighted by atomic mass is 35.5. The molecule has 0 aliphatic carbocycles. The molecule has 8 heteroatoms. The molecule has 1 atom stereocenters. The summed E-state index contributed by atoms with van der Waals surface area (Å²) in [5.74, 6) is 1.46. The highest BCUT2D eigenvalue weighted by molar-refractivity contribution is 6.31. The van der Waals surface area contributed by atoms with Crippen LogP contribution in [0.25, 0.3) is 11.5 Å². The summed E-state index contributed by atoms with van der Waals surface area (Å²) in [5, 5.41) is 8.48. The number of carbonyl (C=O) groups excluding carboxylic acids is 1. The predicted molar refractivity (Wildman–Crippen MR) is 153 cm³/mol. The Labute approximate surface area is 232 Å². The second-order valence-corrected chi connectivity index (χ2v) is 10.1. The molecule has 2 aromatic heterocycles. The fourth-order valence-electron chi connectivity index (χ4n) is 5.21. The molecule has 0 fully saturated rings. The van der Waals surface area contributed by atoms with Crippen LogP contribution in [0.3, 0.4) is 0 Å². The molecule has 6 rings (SSSR count). The van der Waals surface area contributed by atoms with Gasteiger partial charge in [-0.2, -0.15) is 5.10 Å². The van der Waals surface area contributed by atoms with E-state index >= 15 is 0 Å². The van der Waals surface area contributed by atoms with Gasteiger partial charge in [0.2, 0.25) is 0 Å². The number of hydrogen-bond donors (Lipinski definition) is 1. The van der Waals surface area contributed by atoms with E-state index in [-0.39, 0.29) is 12.1 Å². The summed E-state index contributed by atoms with van der Waals surface area (Å²) in [6, 6.07) is 27.0. The second-order valence-electron chi connectivity index (χ2n) is 9.65. The van der Waals surface area contributed by atoms with Crippen LogP contribution in [0.15, 0.2) is 91.1 Å². The maximum Gasteiger partial charge on any atom is 0.323 e. The Bertz CT molecular complexity index is 1660. The Kier molecular flexibility index (Phi) is 6.37. The Balaban J connectivity index is 1.53. The molecule has 1 aliphatic rings. The number of fused-ring (bicyclic) bond motifs is 3. The van der Waals surface area contributed by atoms with Crippen molar-refractivity contribution in [1.29, 1.82) is 0 Å². The van der Waals surface area contributed by atoms with Crippen molar-refractivity contribution in [3.63, 3.8) is 0 Å². The molecule has 0 spiro atoms. The van der Waals surface area contributed by atoms with Crippen LogP contribution in [-0.4, -0.2) is 32.4 Å². The lowest BCUT2D eigenvalue weighted by Crippen LogP contribution is -2.38. The van der Waals surface area contributed by atoms with Crippen LogP contribution in [0.4, 0.5) is 10.5 Å². The molecule has 0 saturated carbocycles. The topological polar surface area (TPSA) is 64.3 Å². The average Bonchev–Trinajstić information content (AvgIpc) is 3.50. The van der Waals surface area contributed by atoms with Crippen molar-refractivity contribution in [2.24, 2.45) is 0 Å². The maximum atomic E-state index is 14.2. The molecule has 1 aliphatic heterocycles. The van der Waals surface area contributed by atoms with E-state index in [1.807, 2.05) is 59.1 Å². The number of urea groups is 1. The summed E-state index contributed by atoms with van der Waals surface area (Å²) >= 11 is 6.27. The minimum Gasteiger partial charge on any atom is -0.495 e. The summed E-state index contributed by atoms with van der Waals surface area (Å²) in [7, 11) is 1.57. The summed E-state index contributed by atoms with van der Waals surface area (Å²) in [4.78, 5) is 16.0. The number of aryl methyl sites for hydroxylation is 2. The van der Waals surface area contributed by atoms with Crippen molar-refractivity contribution in [2.75, 3.05) is 12.4 Å². The normalized spacial score (nSPS) is 14.4. The number of para-hydroxylation sites is 1. The number of nitrogens with one attached hydrogen (secondary N) is 1. The van der Waals surface area contributed by atoms with Gasteiger partial charge in [-0.05, 0) is 61.9 Å². The van der Waals surface area contributed by atoms with Gasteiger partial charge in [-0.15, -0.1) is 0 Å². The summed E-state index contributed by atoms with van der Waals surface area (Å²) < 4.78 is 9.61. The fraction of sp³-hybridized carbons (Fsp3) is 0.161. The molecule has 0 radical (unpaired) electrons. The van der Waals surface area contributed by atoms with E-state index in [0.29, 0.717) is 23.0 Å². The van der Waals surface area contributed by atoms with Gasteiger partial charge in [0.25, 0.3) is 0 Å². The summed E-state index contributed by atoms with van der Waals surface area (Å²) in [6.07, 6.45) is 2.04. The van der Waals surface area contributed by atoms with Crippen molar-refractivity contribution in [3.8, 4) is 17.3 Å². The molecule has 7 nitrogen and oxygen atoms in total. The van der Waals surface area contributed by atoms with Crippen molar-refractivity contribution < 1.29 is 9.53 Å². The molecular weight excluding hydrogens is 510 g/mol. The third kappa shape index (κ3) is 4.45. The number of ether oxygens (including phenoxy) is 1. The molecule has 3 aromatic carbocycles. The first kappa shape index (κ1) is 24.8. The van der Waals surface area contributed by atoms with Gasteiger partial charge in [0.1, 0.15) is 11.6 Å². The number of nitrogens with zero attached hydrogens (tertiary/aromatic N) is 4. The number of aromatic nitrogens is 3. The molecule has 2 amide bonds. The summed E-state index contributed by atoms with van der Waals surface area (Å²) in [6.45, 7) is 4.40. The first-order valence-corrected chi connectivity index (χ1v) is 13.1. The zero-order chi connectivity index (χ0) is 27.1. The number of halogens is 1. The van der Waals surface area contributed by atoms with Crippen LogP contribution < -0.4 is 10.1 Å². The van der Waals surface area contributed by atoms with Crippen LogP contribution in [0.5, 0.6) is 5.75 Å². The van der Waals surface area contributed by atoms with E-state index in [4.69, 9.17) is 21.4 Å². The zero-order valence-electron chi connectivity index (χ0n) is 21.9. The van der Waals surface area contributed by atoms with Gasteiger partial charge >= 0.3 is 6.03 Å². The first-order valence-electron chi connectivity index (χ1n) is 12.7. The maximum absolute atomic E-state index is 14.2. The standard InChI is InChI=1S/C31H28ClN5O2/c1-20-11-13-22(14-12-20)29-27-10-7-17-35(27)30-25(21(2)34-37(30)24-8-5-4-6-9-24)19-36(29)31(38)33-26-18-23(32)15-16-28(26)39-3/h4-18,29H,19H2,1-3H3,(H,33,38)/t29-/m0/s1. The monoisotopic (exact) mass is 537 g/mol. The SMILES string of the molecule is COc1ccc(Cl)cc1NC(=O)N1Cc2c(C)nn(-c3ccccc3)c2-n2cccc2[C@@H]1c1ccc(C)cc1. The van der Waals surface area contributed by atoms with Crippen LogP contribution in [-0.2, 0) is 6.54 Å². The van der Waals surface area contributed by atoms with Gasteiger partial charge in [-0.25, -0.2) is 9.48 Å². The number of methoxy groups -OCH3 is 1. The van der Waals surface area contributed by atoms with Crippen molar-refractivity contribution in [2.45, 2.75) is 26.4 Å². The highest BCUT2D eigenvalue weighted by Crippen LogP contribution is 2.39. The van der Waals surface area contributed by atoms with Crippen LogP contribution in [0, 0.1) is 13.8 Å². The molecule has 0 bridgehead atoms. The van der Waals surface area contributed by atoms with Gasteiger partial charge in [0.15, 0.2) is 0 Å². The number of benzene rings is 3. The predicted octanol–water partition coefficient (Wildman–Crippen LogP) is 7.08. The lowest BCUT2D eigenvalue weighted by Gasteiger charge is -2.31. The Morgan fingerprint density at radius 1 is 1.00 bits per heavy atom. The molecule has 3 heterocycles. The van der Waals surface area contributed by atoms with Crippen molar-refractivity contribution >= 4 is 23.3 Å². The van der Waals surface area contributed by atoms with Gasteiger partial charge in [-0.1, -0.05) is 59.6 Å². The van der Waals surface area contributed by atoms with Gasteiger partial charge in [0, 0.05) is 16.8 Å². The van der Waals surface area contributed by atoms with Crippen LogP contribution in [0.1, 0.15) is 34.1 Å². The fourth-order valence-corrected chi connectivity index (χ4v) is 5.39. The Morgan fingerprint density at radius 2 is 1.77 bits per heavy atom. The Hall–Kier alpha value is -4.49. The van der Waals surface area contributed by atoms with Gasteiger partial charge in [-0.3, -0.25) is 0 Å². The molecule has 196 valence electrons. The van der Waals surface area contributed by atoms with Crippen LogP contribution in [0.2, 0.25) is 5.02 Å². The smallest absolute Gasteiger partial charge is 0.323 e. The van der Waals surface area contributed by atoms with E-state index in [0.717, 1.165) is 39.6 Å². The molecule has 0 unspecified atom stereocenters. The van der Waals surface area contributed by atoms with E-state index in [2.05, 4.69) is 47.1 Å². The number of rotatable bonds is 4. The lowest BCUT2D eigenvalue weighted by molar-refractivity contribution is 0.194. The molecule has 1 N–H and O–H groups in total. The average molecular weight is 538 g/mol. The van der Waals surface area contributed by atoms with Crippen LogP contribution >= 0.6 is 11.6 Å². The number of carbonyl (C=O) groups is 1. The zero-order valence-corrected chi connectivity index (χ0v) is 22.7. The van der Waals surface area contributed by atoms with E-state index < -0.39 is 0 Å². The largest absolute Gasteiger partial charge is 0.495 e. The minimum atomic E-state index is -0.359. The number of amides is 2.